The highest BCUT2D eigenvalue weighted by atomic mass is 16.6. The van der Waals surface area contributed by atoms with E-state index in [0.717, 1.165) is 0 Å². The number of nitrogens with two attached hydrogens (primary N) is 1. The smallest absolute Gasteiger partial charge is 0.332 e. The largest absolute Gasteiger partial charge is 0.380 e. The first kappa shape index (κ1) is 16.1. The zero-order valence-corrected chi connectivity index (χ0v) is 11.9. The summed E-state index contributed by atoms with van der Waals surface area (Å²) in [6.45, 7) is 7.47. The molecule has 0 saturated heterocycles. The van der Waals surface area contributed by atoms with Crippen LogP contribution in [-0.2, 0) is 4.74 Å². The number of hydrogen-bond acceptors (Lipinski definition) is 8. The van der Waals surface area contributed by atoms with Crippen LogP contribution in [0.3, 0.4) is 0 Å². The average Bonchev–Trinajstić information content (AvgIpc) is 2.42. The average molecular weight is 284 g/mol. The number of hydrazine groups is 1. The first-order chi connectivity index (χ1) is 9.54. The molecular formula is C11H20N6O3. The highest BCUT2D eigenvalue weighted by molar-refractivity contribution is 5.62. The third-order valence-electron chi connectivity index (χ3n) is 2.74. The quantitative estimate of drug-likeness (QED) is 0.312. The number of nitro groups is 1. The standard InChI is InChI=1S/C11H20N6O3/c1-4-16(6-7-20-5-2)10-9(17(18)19)8(3)13-11(14-10)15-12/h4-7,12H2,1-3H3,(H,13,14,15). The van der Waals surface area contributed by atoms with E-state index in [-0.39, 0.29) is 23.1 Å². The number of aryl methyl sites for hydroxylation is 1. The van der Waals surface area contributed by atoms with Crippen molar-refractivity contribution in [3.8, 4) is 0 Å². The van der Waals surface area contributed by atoms with Crippen molar-refractivity contribution < 1.29 is 9.66 Å². The normalized spacial score (nSPS) is 10.4. The van der Waals surface area contributed by atoms with Crippen molar-refractivity contribution in [2.45, 2.75) is 20.8 Å². The van der Waals surface area contributed by atoms with E-state index in [9.17, 15) is 10.1 Å². The van der Waals surface area contributed by atoms with E-state index in [1.807, 2.05) is 13.8 Å². The molecule has 0 aliphatic rings. The van der Waals surface area contributed by atoms with Crippen molar-refractivity contribution in [2.24, 2.45) is 5.84 Å². The summed E-state index contributed by atoms with van der Waals surface area (Å²) in [5.74, 6) is 5.69. The van der Waals surface area contributed by atoms with Gasteiger partial charge in [0.2, 0.25) is 11.8 Å². The summed E-state index contributed by atoms with van der Waals surface area (Å²) in [5.41, 5.74) is 2.48. The first-order valence-corrected chi connectivity index (χ1v) is 6.37. The number of nitrogens with zero attached hydrogens (tertiary/aromatic N) is 4. The van der Waals surface area contributed by atoms with Crippen LogP contribution in [0.25, 0.3) is 0 Å². The summed E-state index contributed by atoms with van der Waals surface area (Å²) >= 11 is 0. The second kappa shape index (κ2) is 7.56. The van der Waals surface area contributed by atoms with E-state index >= 15 is 0 Å². The molecule has 0 aromatic carbocycles. The number of rotatable bonds is 8. The van der Waals surface area contributed by atoms with Crippen LogP contribution in [0.15, 0.2) is 0 Å². The maximum absolute atomic E-state index is 11.2. The molecule has 1 heterocycles. The van der Waals surface area contributed by atoms with Gasteiger partial charge in [-0.25, -0.2) is 10.8 Å². The molecule has 0 spiro atoms. The molecule has 0 aliphatic carbocycles. The van der Waals surface area contributed by atoms with E-state index in [0.29, 0.717) is 26.3 Å². The molecule has 0 fully saturated rings. The Hall–Kier alpha value is -2.00. The lowest BCUT2D eigenvalue weighted by Gasteiger charge is -2.22. The molecule has 0 bridgehead atoms. The highest BCUT2D eigenvalue weighted by Crippen LogP contribution is 2.29. The van der Waals surface area contributed by atoms with Gasteiger partial charge in [-0.3, -0.25) is 15.5 Å². The fraction of sp³-hybridized carbons (Fsp3) is 0.636. The van der Waals surface area contributed by atoms with E-state index in [1.54, 1.807) is 11.8 Å². The monoisotopic (exact) mass is 284 g/mol. The number of nitrogens with one attached hydrogen (secondary N) is 1. The van der Waals surface area contributed by atoms with E-state index < -0.39 is 4.92 Å². The maximum Gasteiger partial charge on any atom is 0.332 e. The molecule has 0 amide bonds. The van der Waals surface area contributed by atoms with Gasteiger partial charge >= 0.3 is 5.69 Å². The minimum absolute atomic E-state index is 0.109. The van der Waals surface area contributed by atoms with Gasteiger partial charge in [0, 0.05) is 19.7 Å². The lowest BCUT2D eigenvalue weighted by Crippen LogP contribution is -2.29. The van der Waals surface area contributed by atoms with Crippen LogP contribution in [0.2, 0.25) is 0 Å². The molecule has 9 heteroatoms. The first-order valence-electron chi connectivity index (χ1n) is 6.37. The van der Waals surface area contributed by atoms with E-state index in [2.05, 4.69) is 15.4 Å². The third-order valence-corrected chi connectivity index (χ3v) is 2.74. The summed E-state index contributed by atoms with van der Waals surface area (Å²) in [6, 6.07) is 0. The van der Waals surface area contributed by atoms with Crippen LogP contribution in [0.4, 0.5) is 17.5 Å². The molecule has 0 radical (unpaired) electrons. The third kappa shape index (κ3) is 3.75. The number of aromatic nitrogens is 2. The van der Waals surface area contributed by atoms with Gasteiger partial charge in [-0.2, -0.15) is 4.98 Å². The lowest BCUT2D eigenvalue weighted by atomic mass is 10.3. The Morgan fingerprint density at radius 2 is 2.15 bits per heavy atom. The molecular weight excluding hydrogens is 264 g/mol. The Labute approximate surface area is 117 Å². The Morgan fingerprint density at radius 1 is 1.45 bits per heavy atom. The van der Waals surface area contributed by atoms with Gasteiger partial charge < -0.3 is 9.64 Å². The van der Waals surface area contributed by atoms with Gasteiger partial charge in [0.05, 0.1) is 11.5 Å². The molecule has 112 valence electrons. The Bertz CT molecular complexity index is 468. The summed E-state index contributed by atoms with van der Waals surface area (Å²) < 4.78 is 5.28. The van der Waals surface area contributed by atoms with E-state index in [1.165, 1.54) is 0 Å². The van der Waals surface area contributed by atoms with Crippen LogP contribution in [0.1, 0.15) is 19.5 Å². The van der Waals surface area contributed by atoms with Gasteiger partial charge in [0.15, 0.2) is 0 Å². The second-order valence-electron chi connectivity index (χ2n) is 3.98. The van der Waals surface area contributed by atoms with Crippen LogP contribution in [0.5, 0.6) is 0 Å². The number of likely N-dealkylation sites (N-methyl/N-ethyl adjacent to an activating group) is 1. The van der Waals surface area contributed by atoms with Crippen molar-refractivity contribution in [2.75, 3.05) is 36.6 Å². The topological polar surface area (TPSA) is 119 Å². The van der Waals surface area contributed by atoms with Gasteiger partial charge in [0.1, 0.15) is 5.69 Å². The Kier molecular flexibility index (Phi) is 6.07. The molecule has 0 unspecified atom stereocenters. The minimum atomic E-state index is -0.478. The van der Waals surface area contributed by atoms with Crippen molar-refractivity contribution in [3.05, 3.63) is 15.8 Å². The van der Waals surface area contributed by atoms with Gasteiger partial charge in [-0.15, -0.1) is 0 Å². The SMILES string of the molecule is CCOCCN(CC)c1nc(NN)nc(C)c1[N+](=O)[O-]. The molecule has 1 rings (SSSR count). The van der Waals surface area contributed by atoms with Crippen molar-refractivity contribution >= 4 is 17.5 Å². The molecule has 0 atom stereocenters. The van der Waals surface area contributed by atoms with Crippen molar-refractivity contribution in [1.29, 1.82) is 0 Å². The number of anilines is 2. The molecule has 3 N–H and O–H groups in total. The molecule has 9 nitrogen and oxygen atoms in total. The van der Waals surface area contributed by atoms with Crippen LogP contribution >= 0.6 is 0 Å². The zero-order chi connectivity index (χ0) is 15.1. The lowest BCUT2D eigenvalue weighted by molar-refractivity contribution is -0.385. The second-order valence-corrected chi connectivity index (χ2v) is 3.98. The summed E-state index contributed by atoms with van der Waals surface area (Å²) in [5, 5.41) is 11.2. The number of nitrogen functional groups attached to an aromatic ring is 1. The van der Waals surface area contributed by atoms with Crippen LogP contribution in [-0.4, -0.2) is 41.2 Å². The summed E-state index contributed by atoms with van der Waals surface area (Å²) in [4.78, 5) is 20.5. The van der Waals surface area contributed by atoms with Gasteiger partial charge in [-0.05, 0) is 20.8 Å². The Morgan fingerprint density at radius 3 is 2.65 bits per heavy atom. The predicted molar refractivity (Wildman–Crippen MR) is 75.6 cm³/mol. The fourth-order valence-electron chi connectivity index (χ4n) is 1.78. The van der Waals surface area contributed by atoms with Crippen molar-refractivity contribution in [3.63, 3.8) is 0 Å². The van der Waals surface area contributed by atoms with Crippen LogP contribution in [0, 0.1) is 17.0 Å². The minimum Gasteiger partial charge on any atom is -0.380 e. The molecule has 1 aromatic rings. The van der Waals surface area contributed by atoms with Gasteiger partial charge in [0.25, 0.3) is 0 Å². The Balaban J connectivity index is 3.16. The van der Waals surface area contributed by atoms with Gasteiger partial charge in [-0.1, -0.05) is 0 Å². The summed E-state index contributed by atoms with van der Waals surface area (Å²) in [7, 11) is 0. The number of ether oxygens (including phenoxy) is 1. The maximum atomic E-state index is 11.2. The zero-order valence-electron chi connectivity index (χ0n) is 11.9. The highest BCUT2D eigenvalue weighted by Gasteiger charge is 2.25. The van der Waals surface area contributed by atoms with Crippen molar-refractivity contribution in [1.82, 2.24) is 9.97 Å². The molecule has 0 aliphatic heterocycles. The number of hydrogen-bond donors (Lipinski definition) is 2. The van der Waals surface area contributed by atoms with Crippen LogP contribution < -0.4 is 16.2 Å². The summed E-state index contributed by atoms with van der Waals surface area (Å²) in [6.07, 6.45) is 0. The predicted octanol–water partition coefficient (Wildman–Crippen LogP) is 0.842. The fourth-order valence-corrected chi connectivity index (χ4v) is 1.78. The molecule has 1 aromatic heterocycles. The molecule has 0 saturated carbocycles. The molecule has 20 heavy (non-hydrogen) atoms. The van der Waals surface area contributed by atoms with E-state index in [4.69, 9.17) is 10.6 Å².